The lowest BCUT2D eigenvalue weighted by Crippen LogP contribution is -2.33. The Labute approximate surface area is 147 Å². The van der Waals surface area contributed by atoms with Gasteiger partial charge in [0.05, 0.1) is 20.3 Å². The SMILES string of the molecule is CCCOc1ccc(CN=C(N)NCCc2cccs2)cc1OC. The van der Waals surface area contributed by atoms with Crippen molar-refractivity contribution in [1.29, 1.82) is 0 Å². The Bertz CT molecular complexity index is 642. The summed E-state index contributed by atoms with van der Waals surface area (Å²) in [6.45, 7) is 4.03. The van der Waals surface area contributed by atoms with E-state index in [1.807, 2.05) is 18.2 Å². The van der Waals surface area contributed by atoms with Crippen molar-refractivity contribution in [2.75, 3.05) is 20.3 Å². The molecule has 0 radical (unpaired) electrons. The Morgan fingerprint density at radius 1 is 1.29 bits per heavy atom. The van der Waals surface area contributed by atoms with Gasteiger partial charge in [0, 0.05) is 11.4 Å². The summed E-state index contributed by atoms with van der Waals surface area (Å²) in [7, 11) is 1.64. The number of aliphatic imine (C=N–C) groups is 1. The fraction of sp³-hybridized carbons (Fsp3) is 0.389. The van der Waals surface area contributed by atoms with Gasteiger partial charge in [-0.25, -0.2) is 4.99 Å². The summed E-state index contributed by atoms with van der Waals surface area (Å²) in [5.74, 6) is 1.94. The van der Waals surface area contributed by atoms with E-state index in [1.54, 1.807) is 18.4 Å². The van der Waals surface area contributed by atoms with Gasteiger partial charge in [-0.15, -0.1) is 11.3 Å². The van der Waals surface area contributed by atoms with Gasteiger partial charge in [0.15, 0.2) is 17.5 Å². The molecule has 0 bridgehead atoms. The zero-order chi connectivity index (χ0) is 17.2. The predicted octanol–water partition coefficient (Wildman–Crippen LogP) is 3.19. The molecule has 24 heavy (non-hydrogen) atoms. The van der Waals surface area contributed by atoms with Crippen LogP contribution in [0.25, 0.3) is 0 Å². The minimum absolute atomic E-state index is 0.455. The molecule has 0 fully saturated rings. The molecule has 0 unspecified atom stereocenters. The first-order valence-corrected chi connectivity index (χ1v) is 8.96. The molecule has 0 amide bonds. The zero-order valence-corrected chi connectivity index (χ0v) is 15.1. The molecule has 5 nitrogen and oxygen atoms in total. The van der Waals surface area contributed by atoms with E-state index < -0.39 is 0 Å². The third-order valence-electron chi connectivity index (χ3n) is 3.38. The second-order valence-electron chi connectivity index (χ2n) is 5.29. The van der Waals surface area contributed by atoms with Gasteiger partial charge in [-0.3, -0.25) is 0 Å². The highest BCUT2D eigenvalue weighted by molar-refractivity contribution is 7.09. The van der Waals surface area contributed by atoms with Gasteiger partial charge in [-0.1, -0.05) is 19.1 Å². The molecule has 1 heterocycles. The average Bonchev–Trinajstić information content (AvgIpc) is 3.11. The standard InChI is InChI=1S/C18H25N3O2S/c1-3-10-23-16-7-6-14(12-17(16)22-2)13-21-18(19)20-9-8-15-5-4-11-24-15/h4-7,11-12H,3,8-10,13H2,1-2H3,(H3,19,20,21). The van der Waals surface area contributed by atoms with Crippen LogP contribution in [0.15, 0.2) is 40.7 Å². The Morgan fingerprint density at radius 2 is 2.17 bits per heavy atom. The lowest BCUT2D eigenvalue weighted by molar-refractivity contribution is 0.294. The summed E-state index contributed by atoms with van der Waals surface area (Å²) < 4.78 is 11.0. The molecule has 0 saturated heterocycles. The van der Waals surface area contributed by atoms with Crippen molar-refractivity contribution in [2.45, 2.75) is 26.3 Å². The molecule has 0 aliphatic heterocycles. The molecule has 6 heteroatoms. The number of rotatable bonds is 9. The Morgan fingerprint density at radius 3 is 2.88 bits per heavy atom. The molecule has 3 N–H and O–H groups in total. The van der Waals surface area contributed by atoms with Crippen molar-refractivity contribution in [3.8, 4) is 11.5 Å². The monoisotopic (exact) mass is 347 g/mol. The highest BCUT2D eigenvalue weighted by Crippen LogP contribution is 2.28. The summed E-state index contributed by atoms with van der Waals surface area (Å²) in [5.41, 5.74) is 6.94. The second-order valence-corrected chi connectivity index (χ2v) is 6.32. The van der Waals surface area contributed by atoms with Crippen LogP contribution >= 0.6 is 11.3 Å². The number of benzene rings is 1. The summed E-state index contributed by atoms with van der Waals surface area (Å²) in [5, 5.41) is 5.21. The number of hydrogen-bond acceptors (Lipinski definition) is 4. The minimum atomic E-state index is 0.455. The fourth-order valence-corrected chi connectivity index (χ4v) is 2.85. The molecule has 0 atom stereocenters. The maximum Gasteiger partial charge on any atom is 0.188 e. The predicted molar refractivity (Wildman–Crippen MR) is 100 cm³/mol. The molecule has 0 spiro atoms. The van der Waals surface area contributed by atoms with Gasteiger partial charge in [-0.05, 0) is 42.0 Å². The molecule has 2 aromatic rings. The van der Waals surface area contributed by atoms with Crippen LogP contribution in [0.4, 0.5) is 0 Å². The quantitative estimate of drug-likeness (QED) is 0.540. The van der Waals surface area contributed by atoms with E-state index >= 15 is 0 Å². The molecule has 0 saturated carbocycles. The summed E-state index contributed by atoms with van der Waals surface area (Å²) in [6, 6.07) is 10.0. The Hall–Kier alpha value is -2.21. The van der Waals surface area contributed by atoms with E-state index in [0.29, 0.717) is 19.1 Å². The topological polar surface area (TPSA) is 68.9 Å². The van der Waals surface area contributed by atoms with Crippen molar-refractivity contribution in [1.82, 2.24) is 5.32 Å². The van der Waals surface area contributed by atoms with Crippen LogP contribution in [0.5, 0.6) is 11.5 Å². The maximum atomic E-state index is 5.91. The van der Waals surface area contributed by atoms with Crippen molar-refractivity contribution in [3.63, 3.8) is 0 Å². The smallest absolute Gasteiger partial charge is 0.188 e. The number of methoxy groups -OCH3 is 1. The first kappa shape index (κ1) is 18.1. The number of guanidine groups is 1. The number of nitrogens with two attached hydrogens (primary N) is 1. The van der Waals surface area contributed by atoms with E-state index in [0.717, 1.165) is 36.4 Å². The van der Waals surface area contributed by atoms with E-state index in [4.69, 9.17) is 15.2 Å². The van der Waals surface area contributed by atoms with Crippen LogP contribution < -0.4 is 20.5 Å². The lowest BCUT2D eigenvalue weighted by atomic mass is 10.2. The largest absolute Gasteiger partial charge is 0.493 e. The minimum Gasteiger partial charge on any atom is -0.493 e. The average molecular weight is 347 g/mol. The third kappa shape index (κ3) is 5.77. The van der Waals surface area contributed by atoms with Crippen LogP contribution in [-0.4, -0.2) is 26.2 Å². The first-order valence-electron chi connectivity index (χ1n) is 8.08. The van der Waals surface area contributed by atoms with Crippen molar-refractivity contribution in [3.05, 3.63) is 46.2 Å². The van der Waals surface area contributed by atoms with Crippen LogP contribution in [0.1, 0.15) is 23.8 Å². The second kappa shape index (κ2) is 9.82. The zero-order valence-electron chi connectivity index (χ0n) is 14.2. The molecule has 2 rings (SSSR count). The molecule has 0 aliphatic carbocycles. The number of thiophene rings is 1. The van der Waals surface area contributed by atoms with Crippen LogP contribution in [0.2, 0.25) is 0 Å². The van der Waals surface area contributed by atoms with Crippen molar-refractivity contribution in [2.24, 2.45) is 10.7 Å². The fourth-order valence-electron chi connectivity index (χ4n) is 2.14. The highest BCUT2D eigenvalue weighted by Gasteiger charge is 2.05. The van der Waals surface area contributed by atoms with Gasteiger partial charge >= 0.3 is 0 Å². The van der Waals surface area contributed by atoms with E-state index in [-0.39, 0.29) is 0 Å². The Balaban J connectivity index is 1.85. The summed E-state index contributed by atoms with van der Waals surface area (Å²) in [4.78, 5) is 5.71. The summed E-state index contributed by atoms with van der Waals surface area (Å²) in [6.07, 6.45) is 1.91. The first-order chi connectivity index (χ1) is 11.7. The van der Waals surface area contributed by atoms with Gasteiger partial charge in [-0.2, -0.15) is 0 Å². The Kier molecular flexibility index (Phi) is 7.42. The normalized spacial score (nSPS) is 11.3. The molecule has 1 aromatic heterocycles. The van der Waals surface area contributed by atoms with Crippen molar-refractivity contribution >= 4 is 17.3 Å². The van der Waals surface area contributed by atoms with E-state index in [9.17, 15) is 0 Å². The van der Waals surface area contributed by atoms with Crippen LogP contribution in [-0.2, 0) is 13.0 Å². The lowest BCUT2D eigenvalue weighted by Gasteiger charge is -2.11. The van der Waals surface area contributed by atoms with Crippen LogP contribution in [0.3, 0.4) is 0 Å². The number of hydrogen-bond donors (Lipinski definition) is 2. The number of ether oxygens (including phenoxy) is 2. The van der Waals surface area contributed by atoms with Gasteiger partial charge in [0.2, 0.25) is 0 Å². The van der Waals surface area contributed by atoms with Gasteiger partial charge in [0.25, 0.3) is 0 Å². The number of nitrogens with zero attached hydrogens (tertiary/aromatic N) is 1. The molecular formula is C18H25N3O2S. The van der Waals surface area contributed by atoms with Crippen molar-refractivity contribution < 1.29 is 9.47 Å². The third-order valence-corrected chi connectivity index (χ3v) is 4.32. The maximum absolute atomic E-state index is 5.91. The molecular weight excluding hydrogens is 322 g/mol. The van der Waals surface area contributed by atoms with Gasteiger partial charge < -0.3 is 20.5 Å². The van der Waals surface area contributed by atoms with Crippen LogP contribution in [0, 0.1) is 0 Å². The summed E-state index contributed by atoms with van der Waals surface area (Å²) >= 11 is 1.75. The van der Waals surface area contributed by atoms with E-state index in [1.165, 1.54) is 4.88 Å². The number of nitrogens with one attached hydrogen (secondary N) is 1. The molecule has 130 valence electrons. The highest BCUT2D eigenvalue weighted by atomic mass is 32.1. The molecule has 1 aromatic carbocycles. The van der Waals surface area contributed by atoms with Gasteiger partial charge in [0.1, 0.15) is 0 Å². The van der Waals surface area contributed by atoms with E-state index in [2.05, 4.69) is 34.7 Å². The molecule has 0 aliphatic rings.